The van der Waals surface area contributed by atoms with Crippen LogP contribution in [0, 0.1) is 11.8 Å². The van der Waals surface area contributed by atoms with Crippen molar-refractivity contribution in [2.45, 2.75) is 25.4 Å². The van der Waals surface area contributed by atoms with E-state index in [1.165, 1.54) is 0 Å². The molecule has 1 saturated carbocycles. The Labute approximate surface area is 154 Å². The van der Waals surface area contributed by atoms with Crippen LogP contribution in [0.2, 0.25) is 0 Å². The highest BCUT2D eigenvalue weighted by Gasteiger charge is 2.36. The highest BCUT2D eigenvalue weighted by molar-refractivity contribution is 5.90. The van der Waals surface area contributed by atoms with Crippen LogP contribution in [0.3, 0.4) is 0 Å². The SMILES string of the molecule is O=C1C(CO)CCC1CC(=O)N1CCN(c2ncc(C(F)(F)F)cn2)CC1. The first-order chi connectivity index (χ1) is 12.8. The number of carbonyl (C=O) groups excluding carboxylic acids is 2. The molecule has 1 aliphatic heterocycles. The molecule has 148 valence electrons. The number of piperazine rings is 1. The molecule has 1 aromatic rings. The van der Waals surface area contributed by atoms with Crippen LogP contribution in [-0.2, 0) is 15.8 Å². The van der Waals surface area contributed by atoms with Gasteiger partial charge < -0.3 is 14.9 Å². The predicted octanol–water partition coefficient (Wildman–Crippen LogP) is 1.12. The van der Waals surface area contributed by atoms with Gasteiger partial charge in [0.25, 0.3) is 0 Å². The van der Waals surface area contributed by atoms with Crippen molar-refractivity contribution >= 4 is 17.6 Å². The van der Waals surface area contributed by atoms with E-state index in [1.54, 1.807) is 9.80 Å². The molecule has 1 amide bonds. The summed E-state index contributed by atoms with van der Waals surface area (Å²) in [6.07, 6.45) is -1.59. The van der Waals surface area contributed by atoms with Gasteiger partial charge in [0.2, 0.25) is 11.9 Å². The van der Waals surface area contributed by atoms with E-state index in [-0.39, 0.29) is 42.5 Å². The number of carbonyl (C=O) groups is 2. The van der Waals surface area contributed by atoms with Gasteiger partial charge in [0.15, 0.2) is 0 Å². The van der Waals surface area contributed by atoms with Gasteiger partial charge in [-0.3, -0.25) is 9.59 Å². The van der Waals surface area contributed by atoms with Gasteiger partial charge in [0, 0.05) is 56.8 Å². The summed E-state index contributed by atoms with van der Waals surface area (Å²) in [4.78, 5) is 35.4. The number of aliphatic hydroxyl groups is 1. The standard InChI is InChI=1S/C17H21F3N4O3/c18-17(19,20)13-8-21-16(22-9-13)24-5-3-23(4-6-24)14(26)7-11-1-2-12(10-25)15(11)27/h8-9,11-12,25H,1-7,10H2. The van der Waals surface area contributed by atoms with Crippen LogP contribution >= 0.6 is 0 Å². The fourth-order valence-corrected chi connectivity index (χ4v) is 3.53. The van der Waals surface area contributed by atoms with Gasteiger partial charge in [-0.2, -0.15) is 13.2 Å². The molecular formula is C17H21F3N4O3. The summed E-state index contributed by atoms with van der Waals surface area (Å²) in [5, 5.41) is 9.14. The van der Waals surface area contributed by atoms with Gasteiger partial charge in [-0.1, -0.05) is 0 Å². The quantitative estimate of drug-likeness (QED) is 0.835. The monoisotopic (exact) mass is 386 g/mol. The smallest absolute Gasteiger partial charge is 0.396 e. The molecule has 2 aliphatic rings. The molecule has 27 heavy (non-hydrogen) atoms. The van der Waals surface area contributed by atoms with Crippen molar-refractivity contribution in [2.75, 3.05) is 37.7 Å². The third-order valence-corrected chi connectivity index (χ3v) is 5.19. The molecule has 2 atom stereocenters. The lowest BCUT2D eigenvalue weighted by Gasteiger charge is -2.35. The van der Waals surface area contributed by atoms with Gasteiger partial charge >= 0.3 is 6.18 Å². The third-order valence-electron chi connectivity index (χ3n) is 5.19. The molecule has 0 spiro atoms. The fourth-order valence-electron chi connectivity index (χ4n) is 3.53. The maximum Gasteiger partial charge on any atom is 0.419 e. The Kier molecular flexibility index (Phi) is 5.64. The first-order valence-electron chi connectivity index (χ1n) is 8.86. The molecule has 3 rings (SSSR count). The molecule has 0 radical (unpaired) electrons. The van der Waals surface area contributed by atoms with Gasteiger partial charge in [-0.25, -0.2) is 9.97 Å². The lowest BCUT2D eigenvalue weighted by molar-refractivity contribution is -0.138. The Balaban J connectivity index is 1.51. The number of hydrogen-bond acceptors (Lipinski definition) is 6. The van der Waals surface area contributed by atoms with E-state index in [2.05, 4.69) is 9.97 Å². The van der Waals surface area contributed by atoms with Crippen molar-refractivity contribution in [1.29, 1.82) is 0 Å². The summed E-state index contributed by atoms with van der Waals surface area (Å²) in [7, 11) is 0. The van der Waals surface area contributed by atoms with Crippen molar-refractivity contribution in [1.82, 2.24) is 14.9 Å². The highest BCUT2D eigenvalue weighted by Crippen LogP contribution is 2.30. The molecule has 1 aromatic heterocycles. The number of nitrogens with zero attached hydrogens (tertiary/aromatic N) is 4. The average Bonchev–Trinajstić information content (AvgIpc) is 3.01. The minimum absolute atomic E-state index is 0.0392. The molecule has 2 unspecified atom stereocenters. The van der Waals surface area contributed by atoms with Crippen molar-refractivity contribution in [3.8, 4) is 0 Å². The van der Waals surface area contributed by atoms with Crippen molar-refractivity contribution in [3.05, 3.63) is 18.0 Å². The molecule has 0 aromatic carbocycles. The van der Waals surface area contributed by atoms with E-state index < -0.39 is 11.7 Å². The van der Waals surface area contributed by atoms with Gasteiger partial charge in [0.1, 0.15) is 5.78 Å². The minimum atomic E-state index is -4.48. The molecule has 2 fully saturated rings. The van der Waals surface area contributed by atoms with Crippen molar-refractivity contribution in [2.24, 2.45) is 11.8 Å². The zero-order chi connectivity index (χ0) is 19.6. The second-order valence-corrected chi connectivity index (χ2v) is 6.90. The molecule has 1 aliphatic carbocycles. The zero-order valence-electron chi connectivity index (χ0n) is 14.7. The van der Waals surface area contributed by atoms with Crippen LogP contribution in [0.5, 0.6) is 0 Å². The minimum Gasteiger partial charge on any atom is -0.396 e. The Hall–Kier alpha value is -2.23. The number of aliphatic hydroxyl groups excluding tert-OH is 1. The first kappa shape index (κ1) is 19.5. The molecule has 2 heterocycles. The second kappa shape index (κ2) is 7.79. The number of Topliss-reactive ketones (excluding diaryl/α,β-unsaturated/α-hetero) is 1. The van der Waals surface area contributed by atoms with E-state index in [0.717, 1.165) is 12.4 Å². The summed E-state index contributed by atoms with van der Waals surface area (Å²) in [6, 6.07) is 0. The van der Waals surface area contributed by atoms with E-state index in [0.29, 0.717) is 39.0 Å². The summed E-state index contributed by atoms with van der Waals surface area (Å²) >= 11 is 0. The largest absolute Gasteiger partial charge is 0.419 e. The van der Waals surface area contributed by atoms with Crippen LogP contribution in [0.25, 0.3) is 0 Å². The number of alkyl halides is 3. The molecular weight excluding hydrogens is 365 g/mol. The van der Waals surface area contributed by atoms with Crippen LogP contribution in [0.15, 0.2) is 12.4 Å². The predicted molar refractivity (Wildman–Crippen MR) is 88.8 cm³/mol. The first-order valence-corrected chi connectivity index (χ1v) is 8.86. The van der Waals surface area contributed by atoms with Crippen LogP contribution in [0.1, 0.15) is 24.8 Å². The Morgan fingerprint density at radius 3 is 2.22 bits per heavy atom. The van der Waals surface area contributed by atoms with Gasteiger partial charge in [-0.05, 0) is 12.8 Å². The zero-order valence-corrected chi connectivity index (χ0v) is 14.7. The molecule has 10 heteroatoms. The van der Waals surface area contributed by atoms with Crippen LogP contribution in [-0.4, -0.2) is 64.5 Å². The number of hydrogen-bond donors (Lipinski definition) is 1. The number of anilines is 1. The number of aromatic nitrogens is 2. The highest BCUT2D eigenvalue weighted by atomic mass is 19.4. The third kappa shape index (κ3) is 4.37. The van der Waals surface area contributed by atoms with E-state index >= 15 is 0 Å². The fraction of sp³-hybridized carbons (Fsp3) is 0.647. The van der Waals surface area contributed by atoms with E-state index in [9.17, 15) is 22.8 Å². The maximum absolute atomic E-state index is 12.6. The van der Waals surface area contributed by atoms with E-state index in [4.69, 9.17) is 5.11 Å². The normalized spacial score (nSPS) is 23.8. The topological polar surface area (TPSA) is 86.6 Å². The van der Waals surface area contributed by atoms with Crippen LogP contribution < -0.4 is 4.90 Å². The van der Waals surface area contributed by atoms with Crippen molar-refractivity contribution < 1.29 is 27.9 Å². The molecule has 1 N–H and O–H groups in total. The maximum atomic E-state index is 12.6. The number of rotatable bonds is 4. The summed E-state index contributed by atoms with van der Waals surface area (Å²) < 4.78 is 37.7. The summed E-state index contributed by atoms with van der Waals surface area (Å²) in [5.74, 6) is -0.628. The average molecular weight is 386 g/mol. The second-order valence-electron chi connectivity index (χ2n) is 6.90. The lowest BCUT2D eigenvalue weighted by Crippen LogP contribution is -2.49. The Morgan fingerprint density at radius 2 is 1.70 bits per heavy atom. The number of ketones is 1. The van der Waals surface area contributed by atoms with Gasteiger partial charge in [-0.15, -0.1) is 0 Å². The number of halogens is 3. The lowest BCUT2D eigenvalue weighted by atomic mass is 9.99. The molecule has 0 bridgehead atoms. The number of amides is 1. The van der Waals surface area contributed by atoms with E-state index in [1.807, 2.05) is 0 Å². The molecule has 7 nitrogen and oxygen atoms in total. The van der Waals surface area contributed by atoms with Crippen LogP contribution in [0.4, 0.5) is 19.1 Å². The van der Waals surface area contributed by atoms with Crippen molar-refractivity contribution in [3.63, 3.8) is 0 Å². The molecule has 1 saturated heterocycles. The van der Waals surface area contributed by atoms with Gasteiger partial charge in [0.05, 0.1) is 12.2 Å². The Bertz CT molecular complexity index is 688. The summed E-state index contributed by atoms with van der Waals surface area (Å²) in [6.45, 7) is 1.44. The Morgan fingerprint density at radius 1 is 1.11 bits per heavy atom. The summed E-state index contributed by atoms with van der Waals surface area (Å²) in [5.41, 5.74) is -0.900.